The average Bonchev–Trinajstić information content (AvgIpc) is 3.27. The SMILES string of the molecule is CC(C)Oc1c(F)cc(F)c2c1nc(Cn1cccc(NC(=O)CCC/C=C/C(=O)N(C)C)c1=O)n2C(=O)OC(C)(C)C. The van der Waals surface area contributed by atoms with Gasteiger partial charge in [-0.15, -0.1) is 0 Å². The number of aromatic nitrogens is 3. The van der Waals surface area contributed by atoms with Crippen molar-refractivity contribution in [3.63, 3.8) is 0 Å². The molecule has 0 unspecified atom stereocenters. The van der Waals surface area contributed by atoms with Gasteiger partial charge in [0.1, 0.15) is 28.1 Å². The van der Waals surface area contributed by atoms with Gasteiger partial charge in [0.2, 0.25) is 11.8 Å². The molecular weight excluding hydrogens is 564 g/mol. The number of allylic oxidation sites excluding steroid dienone is 1. The fourth-order valence-electron chi connectivity index (χ4n) is 4.00. The number of amides is 2. The number of carbonyl (C=O) groups excluding carboxylic acids is 3. The van der Waals surface area contributed by atoms with Crippen LogP contribution in [0.1, 0.15) is 59.7 Å². The lowest BCUT2D eigenvalue weighted by molar-refractivity contribution is -0.123. The van der Waals surface area contributed by atoms with Gasteiger partial charge in [0.15, 0.2) is 17.4 Å². The highest BCUT2D eigenvalue weighted by atomic mass is 19.1. The van der Waals surface area contributed by atoms with Gasteiger partial charge in [0.25, 0.3) is 5.56 Å². The first-order valence-electron chi connectivity index (χ1n) is 13.8. The van der Waals surface area contributed by atoms with E-state index in [2.05, 4.69) is 10.3 Å². The van der Waals surface area contributed by atoms with Gasteiger partial charge >= 0.3 is 6.09 Å². The van der Waals surface area contributed by atoms with Crippen LogP contribution in [0.2, 0.25) is 0 Å². The first kappa shape index (κ1) is 33.0. The summed E-state index contributed by atoms with van der Waals surface area (Å²) in [6.45, 7) is 7.85. The van der Waals surface area contributed by atoms with Gasteiger partial charge in [-0.25, -0.2) is 23.1 Å². The highest BCUT2D eigenvalue weighted by Crippen LogP contribution is 2.33. The van der Waals surface area contributed by atoms with Crippen LogP contribution >= 0.6 is 0 Å². The number of halogens is 2. The lowest BCUT2D eigenvalue weighted by Crippen LogP contribution is -2.30. The van der Waals surface area contributed by atoms with Crippen LogP contribution in [0.3, 0.4) is 0 Å². The lowest BCUT2D eigenvalue weighted by atomic mass is 10.2. The van der Waals surface area contributed by atoms with Crippen molar-refractivity contribution >= 4 is 34.6 Å². The molecule has 0 saturated carbocycles. The van der Waals surface area contributed by atoms with Crippen LogP contribution < -0.4 is 15.6 Å². The summed E-state index contributed by atoms with van der Waals surface area (Å²) < 4.78 is 43.0. The topological polar surface area (TPSA) is 125 Å². The van der Waals surface area contributed by atoms with E-state index in [4.69, 9.17) is 9.47 Å². The van der Waals surface area contributed by atoms with E-state index in [1.54, 1.807) is 54.8 Å². The van der Waals surface area contributed by atoms with E-state index in [0.29, 0.717) is 18.9 Å². The number of unbranched alkanes of at least 4 members (excludes halogenated alkanes) is 1. The zero-order valence-electron chi connectivity index (χ0n) is 25.4. The summed E-state index contributed by atoms with van der Waals surface area (Å²) in [4.78, 5) is 56.4. The van der Waals surface area contributed by atoms with Gasteiger partial charge in [-0.1, -0.05) is 6.08 Å². The second-order valence-corrected chi connectivity index (χ2v) is 11.3. The number of fused-ring (bicyclic) bond motifs is 1. The van der Waals surface area contributed by atoms with Crippen LogP contribution in [0.4, 0.5) is 19.3 Å². The average molecular weight is 602 g/mol. The normalized spacial score (nSPS) is 11.8. The van der Waals surface area contributed by atoms with Crippen LogP contribution in [0.25, 0.3) is 11.0 Å². The molecule has 2 amide bonds. The third-order valence-corrected chi connectivity index (χ3v) is 5.87. The zero-order chi connectivity index (χ0) is 32.1. The van der Waals surface area contributed by atoms with Crippen LogP contribution in [0, 0.1) is 11.6 Å². The number of hydrogen-bond acceptors (Lipinski definition) is 7. The van der Waals surface area contributed by atoms with E-state index in [-0.39, 0.29) is 47.2 Å². The van der Waals surface area contributed by atoms with E-state index in [0.717, 1.165) is 4.57 Å². The number of anilines is 1. The van der Waals surface area contributed by atoms with Crippen molar-refractivity contribution < 1.29 is 32.6 Å². The number of nitrogens with zero attached hydrogens (tertiary/aromatic N) is 4. The Labute approximate surface area is 248 Å². The smallest absolute Gasteiger partial charge is 0.420 e. The minimum atomic E-state index is -1.07. The molecule has 0 aliphatic carbocycles. The number of ether oxygens (including phenoxy) is 2. The molecule has 1 N–H and O–H groups in total. The van der Waals surface area contributed by atoms with Crippen LogP contribution in [0.15, 0.2) is 41.3 Å². The van der Waals surface area contributed by atoms with Crippen molar-refractivity contribution in [3.05, 3.63) is 64.4 Å². The van der Waals surface area contributed by atoms with Crippen LogP contribution in [-0.4, -0.2) is 62.7 Å². The largest absolute Gasteiger partial charge is 0.486 e. The highest BCUT2D eigenvalue weighted by Gasteiger charge is 2.29. The van der Waals surface area contributed by atoms with Gasteiger partial charge in [0.05, 0.1) is 12.6 Å². The molecule has 2 heterocycles. The molecule has 0 atom stereocenters. The number of hydrogen-bond donors (Lipinski definition) is 1. The predicted molar refractivity (Wildman–Crippen MR) is 157 cm³/mol. The Bertz CT molecular complexity index is 1600. The molecular formula is C30H37F2N5O6. The fraction of sp³-hybridized carbons (Fsp3) is 0.433. The minimum absolute atomic E-state index is 0.0215. The van der Waals surface area contributed by atoms with Gasteiger partial charge in [-0.05, 0) is 65.7 Å². The minimum Gasteiger partial charge on any atom is -0.486 e. The molecule has 0 spiro atoms. The van der Waals surface area contributed by atoms with Gasteiger partial charge in [-0.2, -0.15) is 0 Å². The third kappa shape index (κ3) is 8.49. The van der Waals surface area contributed by atoms with E-state index >= 15 is 4.39 Å². The fourth-order valence-corrected chi connectivity index (χ4v) is 4.00. The maximum absolute atomic E-state index is 15.2. The van der Waals surface area contributed by atoms with Crippen molar-refractivity contribution in [1.82, 2.24) is 19.0 Å². The van der Waals surface area contributed by atoms with Crippen molar-refractivity contribution in [2.75, 3.05) is 19.4 Å². The van der Waals surface area contributed by atoms with E-state index in [1.165, 1.54) is 33.9 Å². The number of nitrogens with one attached hydrogen (secondary N) is 1. The summed E-state index contributed by atoms with van der Waals surface area (Å²) in [7, 11) is 3.27. The quantitative estimate of drug-likeness (QED) is 0.260. The van der Waals surface area contributed by atoms with E-state index in [1.807, 2.05) is 0 Å². The first-order valence-corrected chi connectivity index (χ1v) is 13.8. The molecule has 3 aromatic rings. The van der Waals surface area contributed by atoms with Gasteiger partial charge in [-0.3, -0.25) is 14.4 Å². The van der Waals surface area contributed by atoms with E-state index in [9.17, 15) is 23.6 Å². The Balaban J connectivity index is 1.93. The molecule has 43 heavy (non-hydrogen) atoms. The second kappa shape index (κ2) is 13.6. The summed E-state index contributed by atoms with van der Waals surface area (Å²) in [5.74, 6) is -3.10. The van der Waals surface area contributed by atoms with Crippen molar-refractivity contribution in [2.24, 2.45) is 0 Å². The molecule has 0 fully saturated rings. The molecule has 11 nitrogen and oxygen atoms in total. The number of benzene rings is 1. The maximum Gasteiger partial charge on any atom is 0.420 e. The summed E-state index contributed by atoms with van der Waals surface area (Å²) in [5.41, 5.74) is -2.20. The third-order valence-electron chi connectivity index (χ3n) is 5.87. The Morgan fingerprint density at radius 2 is 1.86 bits per heavy atom. The molecule has 0 aliphatic rings. The molecule has 232 valence electrons. The molecule has 0 bridgehead atoms. The monoisotopic (exact) mass is 601 g/mol. The molecule has 0 saturated heterocycles. The van der Waals surface area contributed by atoms with Crippen molar-refractivity contribution in [2.45, 2.75) is 72.1 Å². The maximum atomic E-state index is 15.2. The predicted octanol–water partition coefficient (Wildman–Crippen LogP) is 4.85. The Hall–Kier alpha value is -4.55. The summed E-state index contributed by atoms with van der Waals surface area (Å²) in [6.07, 6.45) is 4.09. The Kier molecular flexibility index (Phi) is 10.4. The molecule has 3 rings (SSSR count). The van der Waals surface area contributed by atoms with Crippen molar-refractivity contribution in [1.29, 1.82) is 0 Å². The molecule has 0 radical (unpaired) electrons. The van der Waals surface area contributed by atoms with Crippen LogP contribution in [0.5, 0.6) is 5.75 Å². The van der Waals surface area contributed by atoms with Crippen LogP contribution in [-0.2, 0) is 20.9 Å². The van der Waals surface area contributed by atoms with Gasteiger partial charge in [0, 0.05) is 32.8 Å². The highest BCUT2D eigenvalue weighted by molar-refractivity contribution is 5.92. The summed E-state index contributed by atoms with van der Waals surface area (Å²) >= 11 is 0. The first-order chi connectivity index (χ1) is 20.1. The zero-order valence-corrected chi connectivity index (χ0v) is 25.4. The number of imidazole rings is 1. The summed E-state index contributed by atoms with van der Waals surface area (Å²) in [6, 6.07) is 3.54. The number of likely N-dealkylation sites (N-methyl/N-ethyl adjacent to an activating group) is 1. The standard InChI is InChI=1S/C30H37F2N5O6/c1-18(2)42-27-20(32)16-19(31)26-25(27)34-22(37(26)29(41)43-30(3,4)5)17-36-15-11-12-21(28(36)40)33-23(38)13-9-8-10-14-24(39)35(6)7/h10-12,14-16,18H,8-9,13,17H2,1-7H3,(H,33,38)/b14-10+. The summed E-state index contributed by atoms with van der Waals surface area (Å²) in [5, 5.41) is 2.58. The van der Waals surface area contributed by atoms with E-state index < -0.39 is 40.9 Å². The Morgan fingerprint density at radius 1 is 1.16 bits per heavy atom. The number of pyridine rings is 1. The molecule has 13 heteroatoms. The Morgan fingerprint density at radius 3 is 2.49 bits per heavy atom. The molecule has 2 aromatic heterocycles. The number of rotatable bonds is 10. The molecule has 0 aliphatic heterocycles. The number of carbonyl (C=O) groups is 3. The van der Waals surface area contributed by atoms with Crippen molar-refractivity contribution in [3.8, 4) is 5.75 Å². The lowest BCUT2D eigenvalue weighted by Gasteiger charge is -2.20. The molecule has 1 aromatic carbocycles. The van der Waals surface area contributed by atoms with Gasteiger partial charge < -0.3 is 24.3 Å². The second-order valence-electron chi connectivity index (χ2n) is 11.3.